The fourth-order valence-corrected chi connectivity index (χ4v) is 7.85. The van der Waals surface area contributed by atoms with Gasteiger partial charge >= 0.3 is 0 Å². The first-order valence-corrected chi connectivity index (χ1v) is 10.7. The minimum Gasteiger partial charge on any atom is -0.381 e. The quantitative estimate of drug-likeness (QED) is 0.559. The summed E-state index contributed by atoms with van der Waals surface area (Å²) in [6.45, 7) is 6.83. The van der Waals surface area contributed by atoms with Gasteiger partial charge in [-0.05, 0) is 86.9 Å². The molecule has 0 radical (unpaired) electrons. The topological polar surface area (TPSA) is 29.5 Å². The molecule has 144 valence electrons. The Labute approximate surface area is 159 Å². The van der Waals surface area contributed by atoms with E-state index in [4.69, 9.17) is 11.2 Å². The molecule has 0 saturated heterocycles. The number of fused-ring (bicyclic) bond motifs is 5. The van der Waals surface area contributed by atoms with Crippen LogP contribution in [-0.2, 0) is 4.74 Å². The van der Waals surface area contributed by atoms with Crippen molar-refractivity contribution < 1.29 is 9.84 Å². The first kappa shape index (κ1) is 18.6. The lowest BCUT2D eigenvalue weighted by molar-refractivity contribution is -0.0839. The summed E-state index contributed by atoms with van der Waals surface area (Å²) in [5.41, 5.74) is 1.27. The lowest BCUT2D eigenvalue weighted by atomic mass is 9.47. The highest BCUT2D eigenvalue weighted by Gasteiger charge is 2.61. The summed E-state index contributed by atoms with van der Waals surface area (Å²) in [5, 5.41) is 10.9. The summed E-state index contributed by atoms with van der Waals surface area (Å²) in [6, 6.07) is 0. The summed E-state index contributed by atoms with van der Waals surface area (Å²) >= 11 is 0. The minimum absolute atomic E-state index is 0.197. The van der Waals surface area contributed by atoms with Gasteiger partial charge in [0.1, 0.15) is 5.60 Å². The Kier molecular flexibility index (Phi) is 4.37. The van der Waals surface area contributed by atoms with Gasteiger partial charge < -0.3 is 9.84 Å². The predicted octanol–water partition coefficient (Wildman–Crippen LogP) is 4.96. The van der Waals surface area contributed by atoms with Crippen molar-refractivity contribution in [2.75, 3.05) is 7.11 Å². The van der Waals surface area contributed by atoms with Gasteiger partial charge in [0.25, 0.3) is 0 Å². The molecular formula is C24H36O2. The van der Waals surface area contributed by atoms with Crippen molar-refractivity contribution in [2.45, 2.75) is 83.8 Å². The molecule has 0 aliphatic heterocycles. The molecule has 2 nitrogen and oxygen atoms in total. The monoisotopic (exact) mass is 356 g/mol. The molecule has 0 bridgehead atoms. The third-order valence-corrected chi connectivity index (χ3v) is 9.36. The maximum atomic E-state index is 10.9. The van der Waals surface area contributed by atoms with Gasteiger partial charge in [0, 0.05) is 13.0 Å². The average molecular weight is 357 g/mol. The van der Waals surface area contributed by atoms with Crippen LogP contribution in [0.3, 0.4) is 0 Å². The van der Waals surface area contributed by atoms with E-state index in [2.05, 4.69) is 25.8 Å². The van der Waals surface area contributed by atoms with Crippen LogP contribution in [0.2, 0.25) is 0 Å². The van der Waals surface area contributed by atoms with Crippen molar-refractivity contribution in [3.8, 4) is 12.3 Å². The maximum absolute atomic E-state index is 10.9. The van der Waals surface area contributed by atoms with E-state index in [0.29, 0.717) is 17.4 Å². The van der Waals surface area contributed by atoms with Gasteiger partial charge in [0.05, 0.1) is 6.10 Å². The molecular weight excluding hydrogens is 320 g/mol. The SMILES string of the molecule is C#CC(C)(O)[C@H]1CC[C@H]2[C@@H]3CC=C4C[C@@H](OC)CC[C@]4(C)[C@H]3CC[C@]12C. The average Bonchev–Trinajstić information content (AvgIpc) is 2.99. The van der Waals surface area contributed by atoms with Crippen LogP contribution in [0.4, 0.5) is 0 Å². The van der Waals surface area contributed by atoms with E-state index >= 15 is 0 Å². The highest BCUT2D eigenvalue weighted by Crippen LogP contribution is 2.67. The van der Waals surface area contributed by atoms with Crippen LogP contribution in [0.5, 0.6) is 0 Å². The van der Waals surface area contributed by atoms with Gasteiger partial charge in [-0.1, -0.05) is 31.4 Å². The second kappa shape index (κ2) is 6.11. The first-order chi connectivity index (χ1) is 12.3. The number of terminal acetylenes is 1. The third-order valence-electron chi connectivity index (χ3n) is 9.36. The molecule has 0 aromatic heterocycles. The molecule has 4 rings (SSSR count). The van der Waals surface area contributed by atoms with Crippen LogP contribution in [0.1, 0.15) is 72.1 Å². The van der Waals surface area contributed by atoms with Gasteiger partial charge in [-0.25, -0.2) is 0 Å². The van der Waals surface area contributed by atoms with E-state index in [0.717, 1.165) is 24.7 Å². The Morgan fingerprint density at radius 1 is 1.19 bits per heavy atom. The molecule has 2 heteroatoms. The van der Waals surface area contributed by atoms with Gasteiger partial charge in [-0.2, -0.15) is 0 Å². The van der Waals surface area contributed by atoms with Crippen LogP contribution in [0.25, 0.3) is 0 Å². The zero-order valence-corrected chi connectivity index (χ0v) is 17.1. The van der Waals surface area contributed by atoms with E-state index in [1.807, 2.05) is 14.0 Å². The van der Waals surface area contributed by atoms with Crippen molar-refractivity contribution in [3.05, 3.63) is 11.6 Å². The number of hydrogen-bond acceptors (Lipinski definition) is 2. The molecule has 3 fully saturated rings. The van der Waals surface area contributed by atoms with E-state index < -0.39 is 5.60 Å². The molecule has 0 aromatic rings. The van der Waals surface area contributed by atoms with Crippen LogP contribution < -0.4 is 0 Å². The number of hydrogen-bond donors (Lipinski definition) is 1. The zero-order chi connectivity index (χ0) is 18.7. The Balaban J connectivity index is 1.63. The summed E-state index contributed by atoms with van der Waals surface area (Å²) in [7, 11) is 1.86. The number of ether oxygens (including phenoxy) is 1. The van der Waals surface area contributed by atoms with Crippen molar-refractivity contribution in [2.24, 2.45) is 34.5 Å². The van der Waals surface area contributed by atoms with E-state index in [9.17, 15) is 5.11 Å². The predicted molar refractivity (Wildman–Crippen MR) is 105 cm³/mol. The molecule has 0 amide bonds. The van der Waals surface area contributed by atoms with Crippen molar-refractivity contribution in [1.29, 1.82) is 0 Å². The molecule has 0 aromatic carbocycles. The Morgan fingerprint density at radius 3 is 2.65 bits per heavy atom. The summed E-state index contributed by atoms with van der Waals surface area (Å²) in [5.74, 6) is 5.22. The Morgan fingerprint density at radius 2 is 1.96 bits per heavy atom. The highest BCUT2D eigenvalue weighted by molar-refractivity contribution is 5.26. The molecule has 0 heterocycles. The third kappa shape index (κ3) is 2.46. The van der Waals surface area contributed by atoms with Crippen molar-refractivity contribution >= 4 is 0 Å². The molecule has 4 aliphatic carbocycles. The summed E-state index contributed by atoms with van der Waals surface area (Å²) in [4.78, 5) is 0. The zero-order valence-electron chi connectivity index (χ0n) is 17.1. The molecule has 0 spiro atoms. The summed E-state index contributed by atoms with van der Waals surface area (Å²) in [6.07, 6.45) is 18.4. The van der Waals surface area contributed by atoms with E-state index in [1.165, 1.54) is 38.5 Å². The number of allylic oxidation sites excluding steroid dienone is 1. The molecule has 1 N–H and O–H groups in total. The molecule has 26 heavy (non-hydrogen) atoms. The van der Waals surface area contributed by atoms with Crippen LogP contribution >= 0.6 is 0 Å². The maximum Gasteiger partial charge on any atom is 0.125 e. The normalized spacial score (nSPS) is 49.8. The minimum atomic E-state index is -0.966. The van der Waals surface area contributed by atoms with Gasteiger partial charge in [-0.15, -0.1) is 6.42 Å². The first-order valence-electron chi connectivity index (χ1n) is 10.7. The molecule has 1 unspecified atom stereocenters. The Bertz CT molecular complexity index is 641. The highest BCUT2D eigenvalue weighted by atomic mass is 16.5. The van der Waals surface area contributed by atoms with Gasteiger partial charge in [0.2, 0.25) is 0 Å². The standard InChI is InChI=1S/C24H36O2/c1-6-24(4,25)21-10-9-19-18-8-7-16-15-17(26-5)11-13-22(16,2)20(18)12-14-23(19,21)3/h1,7,17-21,25H,8-15H2,2-5H3/t17-,18-,19-,20-,21-,22-,23-,24?/m0/s1. The van der Waals surface area contributed by atoms with E-state index in [1.54, 1.807) is 5.57 Å². The number of rotatable bonds is 2. The fourth-order valence-electron chi connectivity index (χ4n) is 7.85. The second-order valence-electron chi connectivity index (χ2n) is 10.3. The number of aliphatic hydroxyl groups is 1. The Hall–Kier alpha value is -0.780. The largest absolute Gasteiger partial charge is 0.381 e. The summed E-state index contributed by atoms with van der Waals surface area (Å²) < 4.78 is 5.68. The molecule has 8 atom stereocenters. The van der Waals surface area contributed by atoms with Crippen LogP contribution in [0.15, 0.2) is 11.6 Å². The lowest BCUT2D eigenvalue weighted by Crippen LogP contribution is -2.52. The van der Waals surface area contributed by atoms with Crippen molar-refractivity contribution in [1.82, 2.24) is 0 Å². The van der Waals surface area contributed by atoms with Gasteiger partial charge in [-0.3, -0.25) is 0 Å². The fraction of sp³-hybridized carbons (Fsp3) is 0.833. The molecule has 4 aliphatic rings. The smallest absolute Gasteiger partial charge is 0.125 e. The molecule has 3 saturated carbocycles. The van der Waals surface area contributed by atoms with Crippen LogP contribution in [-0.4, -0.2) is 23.9 Å². The number of methoxy groups -OCH3 is 1. The van der Waals surface area contributed by atoms with Gasteiger partial charge in [0.15, 0.2) is 0 Å². The van der Waals surface area contributed by atoms with Crippen molar-refractivity contribution in [3.63, 3.8) is 0 Å². The van der Waals surface area contributed by atoms with E-state index in [-0.39, 0.29) is 11.3 Å². The lowest BCUT2D eigenvalue weighted by Gasteiger charge is -2.58. The second-order valence-corrected chi connectivity index (χ2v) is 10.3. The van der Waals surface area contributed by atoms with Crippen LogP contribution in [0, 0.1) is 46.8 Å².